The van der Waals surface area contributed by atoms with Crippen LogP contribution in [0.25, 0.3) is 5.69 Å². The number of nitro groups is 1. The second kappa shape index (κ2) is 4.60. The molecule has 0 aliphatic heterocycles. The van der Waals surface area contributed by atoms with Gasteiger partial charge in [0, 0.05) is 17.8 Å². The first-order valence-corrected chi connectivity index (χ1v) is 5.80. The van der Waals surface area contributed by atoms with E-state index in [1.54, 1.807) is 16.8 Å². The van der Waals surface area contributed by atoms with Gasteiger partial charge in [-0.25, -0.2) is 4.68 Å². The summed E-state index contributed by atoms with van der Waals surface area (Å²) in [7, 11) is 0. The lowest BCUT2D eigenvalue weighted by atomic mass is 10.1. The molecule has 0 atom stereocenters. The highest BCUT2D eigenvalue weighted by molar-refractivity contribution is 5.41. The molecule has 2 rings (SSSR count). The van der Waals surface area contributed by atoms with E-state index in [1.165, 1.54) is 12.1 Å². The van der Waals surface area contributed by atoms with Crippen LogP contribution in [0, 0.1) is 17.0 Å². The second-order valence-corrected chi connectivity index (χ2v) is 4.55. The number of nitrogens with zero attached hydrogens (tertiary/aromatic N) is 3. The first kappa shape index (κ1) is 12.3. The zero-order valence-corrected chi connectivity index (χ0v) is 10.6. The minimum Gasteiger partial charge on any atom is -0.258 e. The van der Waals surface area contributed by atoms with Crippen molar-refractivity contribution in [3.63, 3.8) is 0 Å². The van der Waals surface area contributed by atoms with E-state index in [2.05, 4.69) is 18.9 Å². The minimum absolute atomic E-state index is 0.0904. The average molecular weight is 245 g/mol. The fourth-order valence-electron chi connectivity index (χ4n) is 1.76. The van der Waals surface area contributed by atoms with Gasteiger partial charge < -0.3 is 0 Å². The number of hydrogen-bond donors (Lipinski definition) is 0. The Balaban J connectivity index is 2.39. The molecule has 5 nitrogen and oxygen atoms in total. The fourth-order valence-corrected chi connectivity index (χ4v) is 1.76. The van der Waals surface area contributed by atoms with Gasteiger partial charge in [0.2, 0.25) is 0 Å². The Labute approximate surface area is 105 Å². The number of non-ortho nitro benzene ring substituents is 1. The van der Waals surface area contributed by atoms with Crippen LogP contribution in [0.15, 0.2) is 30.3 Å². The summed E-state index contributed by atoms with van der Waals surface area (Å²) in [4.78, 5) is 10.2. The van der Waals surface area contributed by atoms with Crippen LogP contribution in [0.4, 0.5) is 5.69 Å². The summed E-state index contributed by atoms with van der Waals surface area (Å²) in [6.45, 7) is 6.14. The number of hydrogen-bond acceptors (Lipinski definition) is 3. The maximum Gasteiger partial charge on any atom is 0.269 e. The van der Waals surface area contributed by atoms with Gasteiger partial charge in [0.05, 0.1) is 16.3 Å². The van der Waals surface area contributed by atoms with Crippen molar-refractivity contribution >= 4 is 5.69 Å². The molecule has 0 saturated heterocycles. The van der Waals surface area contributed by atoms with Crippen molar-refractivity contribution < 1.29 is 4.92 Å². The third kappa shape index (κ3) is 2.25. The highest BCUT2D eigenvalue weighted by Gasteiger charge is 2.10. The predicted molar refractivity (Wildman–Crippen MR) is 69.0 cm³/mol. The van der Waals surface area contributed by atoms with Gasteiger partial charge in [-0.15, -0.1) is 0 Å². The normalized spacial score (nSPS) is 10.9. The van der Waals surface area contributed by atoms with Crippen LogP contribution in [-0.4, -0.2) is 14.7 Å². The van der Waals surface area contributed by atoms with Crippen LogP contribution in [0.2, 0.25) is 0 Å². The maximum atomic E-state index is 10.6. The second-order valence-electron chi connectivity index (χ2n) is 4.55. The summed E-state index contributed by atoms with van der Waals surface area (Å²) in [6.07, 6.45) is 0. The average Bonchev–Trinajstić information content (AvgIpc) is 2.71. The lowest BCUT2D eigenvalue weighted by molar-refractivity contribution is -0.384. The molecular formula is C13H15N3O2. The molecule has 0 amide bonds. The molecule has 0 aliphatic rings. The van der Waals surface area contributed by atoms with Gasteiger partial charge in [0.1, 0.15) is 0 Å². The van der Waals surface area contributed by atoms with Gasteiger partial charge >= 0.3 is 0 Å². The number of benzene rings is 1. The Morgan fingerprint density at radius 1 is 1.28 bits per heavy atom. The summed E-state index contributed by atoms with van der Waals surface area (Å²) in [5.41, 5.74) is 2.97. The molecule has 94 valence electrons. The van der Waals surface area contributed by atoms with Gasteiger partial charge in [0.15, 0.2) is 0 Å². The Hall–Kier alpha value is -2.17. The van der Waals surface area contributed by atoms with E-state index in [9.17, 15) is 10.1 Å². The highest BCUT2D eigenvalue weighted by atomic mass is 16.6. The lowest BCUT2D eigenvalue weighted by Gasteiger charge is -2.04. The van der Waals surface area contributed by atoms with Crippen molar-refractivity contribution in [2.75, 3.05) is 0 Å². The van der Waals surface area contributed by atoms with Crippen LogP contribution in [0.3, 0.4) is 0 Å². The Morgan fingerprint density at radius 3 is 2.33 bits per heavy atom. The van der Waals surface area contributed by atoms with Gasteiger partial charge in [-0.3, -0.25) is 10.1 Å². The predicted octanol–water partition coefficient (Wildman–Crippen LogP) is 3.21. The highest BCUT2D eigenvalue weighted by Crippen LogP contribution is 2.19. The van der Waals surface area contributed by atoms with E-state index in [-0.39, 0.29) is 5.69 Å². The quantitative estimate of drug-likeness (QED) is 0.616. The number of nitro benzene ring substituents is 1. The van der Waals surface area contributed by atoms with Crippen molar-refractivity contribution in [2.24, 2.45) is 0 Å². The topological polar surface area (TPSA) is 61.0 Å². The molecule has 0 aliphatic carbocycles. The van der Waals surface area contributed by atoms with E-state index in [0.717, 1.165) is 17.1 Å². The van der Waals surface area contributed by atoms with Gasteiger partial charge in [-0.05, 0) is 31.0 Å². The largest absolute Gasteiger partial charge is 0.269 e. The lowest BCUT2D eigenvalue weighted by Crippen LogP contribution is -2.00. The Bertz CT molecular complexity index is 570. The molecule has 0 bridgehead atoms. The van der Waals surface area contributed by atoms with Crippen molar-refractivity contribution in [1.82, 2.24) is 9.78 Å². The van der Waals surface area contributed by atoms with E-state index in [1.807, 2.05) is 13.0 Å². The summed E-state index contributed by atoms with van der Waals surface area (Å²) in [5, 5.41) is 15.1. The SMILES string of the molecule is Cc1cc(C(C)C)nn1-c1ccc([N+](=O)[O-])cc1. The molecule has 5 heteroatoms. The smallest absolute Gasteiger partial charge is 0.258 e. The molecule has 18 heavy (non-hydrogen) atoms. The Kier molecular flexibility index (Phi) is 3.14. The molecule has 0 saturated carbocycles. The summed E-state index contributed by atoms with van der Waals surface area (Å²) in [5.74, 6) is 0.364. The standard InChI is InChI=1S/C13H15N3O2/c1-9(2)13-8-10(3)15(14-13)11-4-6-12(7-5-11)16(17)18/h4-9H,1-3H3. The first-order chi connectivity index (χ1) is 8.49. The zero-order chi connectivity index (χ0) is 13.3. The van der Waals surface area contributed by atoms with Crippen molar-refractivity contribution in [1.29, 1.82) is 0 Å². The van der Waals surface area contributed by atoms with Crippen molar-refractivity contribution in [3.8, 4) is 5.69 Å². The monoisotopic (exact) mass is 245 g/mol. The van der Waals surface area contributed by atoms with Crippen LogP contribution < -0.4 is 0 Å². The van der Waals surface area contributed by atoms with E-state index < -0.39 is 4.92 Å². The summed E-state index contributed by atoms with van der Waals surface area (Å²) >= 11 is 0. The molecule has 2 aromatic rings. The molecule has 1 heterocycles. The summed E-state index contributed by atoms with van der Waals surface area (Å²) in [6, 6.07) is 8.44. The van der Waals surface area contributed by atoms with Gasteiger partial charge in [-0.2, -0.15) is 5.10 Å². The molecule has 0 N–H and O–H groups in total. The number of aryl methyl sites for hydroxylation is 1. The molecule has 0 radical (unpaired) electrons. The molecule has 1 aromatic carbocycles. The number of rotatable bonds is 3. The number of aromatic nitrogens is 2. The van der Waals surface area contributed by atoms with Crippen molar-refractivity contribution in [3.05, 3.63) is 51.8 Å². The fraction of sp³-hybridized carbons (Fsp3) is 0.308. The van der Waals surface area contributed by atoms with Gasteiger partial charge in [0.25, 0.3) is 5.69 Å². The molecule has 1 aromatic heterocycles. The molecule has 0 unspecified atom stereocenters. The Morgan fingerprint density at radius 2 is 1.89 bits per heavy atom. The molecular weight excluding hydrogens is 230 g/mol. The first-order valence-electron chi connectivity index (χ1n) is 5.80. The van der Waals surface area contributed by atoms with E-state index in [4.69, 9.17) is 0 Å². The zero-order valence-electron chi connectivity index (χ0n) is 10.6. The van der Waals surface area contributed by atoms with E-state index in [0.29, 0.717) is 5.92 Å². The molecule has 0 spiro atoms. The summed E-state index contributed by atoms with van der Waals surface area (Å²) < 4.78 is 1.80. The molecule has 0 fully saturated rings. The van der Waals surface area contributed by atoms with Crippen LogP contribution in [0.1, 0.15) is 31.2 Å². The van der Waals surface area contributed by atoms with E-state index >= 15 is 0 Å². The van der Waals surface area contributed by atoms with Gasteiger partial charge in [-0.1, -0.05) is 13.8 Å². The third-order valence-corrected chi connectivity index (χ3v) is 2.80. The third-order valence-electron chi connectivity index (χ3n) is 2.80. The minimum atomic E-state index is -0.403. The van der Waals surface area contributed by atoms with Crippen LogP contribution in [0.5, 0.6) is 0 Å². The maximum absolute atomic E-state index is 10.6. The van der Waals surface area contributed by atoms with Crippen LogP contribution in [-0.2, 0) is 0 Å². The van der Waals surface area contributed by atoms with Crippen molar-refractivity contribution in [2.45, 2.75) is 26.7 Å². The van der Waals surface area contributed by atoms with Crippen LogP contribution >= 0.6 is 0 Å².